The van der Waals surface area contributed by atoms with E-state index in [1.807, 2.05) is 0 Å². The van der Waals surface area contributed by atoms with Crippen molar-refractivity contribution in [2.24, 2.45) is 0 Å². The van der Waals surface area contributed by atoms with Gasteiger partial charge < -0.3 is 5.32 Å². The highest BCUT2D eigenvalue weighted by Gasteiger charge is 2.11. The molecule has 0 aliphatic rings. The molecule has 15 heavy (non-hydrogen) atoms. The third-order valence-corrected chi connectivity index (χ3v) is 2.37. The monoisotopic (exact) mass is 266 g/mol. The van der Waals surface area contributed by atoms with Gasteiger partial charge in [-0.1, -0.05) is 0 Å². The zero-order valence-electron chi connectivity index (χ0n) is 7.57. The highest BCUT2D eigenvalue weighted by atomic mass is 79.9. The van der Waals surface area contributed by atoms with Gasteiger partial charge in [-0.25, -0.2) is 4.98 Å². The molecule has 2 heterocycles. The lowest BCUT2D eigenvalue weighted by Crippen LogP contribution is -2.13. The maximum absolute atomic E-state index is 11.7. The van der Waals surface area contributed by atoms with E-state index in [9.17, 15) is 4.79 Å². The highest BCUT2D eigenvalue weighted by molar-refractivity contribution is 9.10. The van der Waals surface area contributed by atoms with Crippen LogP contribution in [0.2, 0.25) is 0 Å². The number of rotatable bonds is 2. The van der Waals surface area contributed by atoms with Crippen molar-refractivity contribution in [1.82, 2.24) is 15.2 Å². The lowest BCUT2D eigenvalue weighted by atomic mass is 10.3. The SMILES string of the molecule is O=C(Nc1cn[nH]c1)c1ncccc1Br. The van der Waals surface area contributed by atoms with E-state index in [1.54, 1.807) is 24.5 Å². The summed E-state index contributed by atoms with van der Waals surface area (Å²) in [6.07, 6.45) is 4.68. The summed E-state index contributed by atoms with van der Waals surface area (Å²) < 4.78 is 0.658. The normalized spacial score (nSPS) is 9.93. The Morgan fingerprint density at radius 2 is 2.40 bits per heavy atom. The van der Waals surface area contributed by atoms with Crippen molar-refractivity contribution >= 4 is 27.5 Å². The first kappa shape index (κ1) is 9.85. The number of H-pyrrole nitrogens is 1. The number of pyridine rings is 1. The molecule has 1 amide bonds. The summed E-state index contributed by atoms with van der Waals surface area (Å²) in [6, 6.07) is 3.51. The van der Waals surface area contributed by atoms with Crippen LogP contribution < -0.4 is 5.32 Å². The Balaban J connectivity index is 2.19. The van der Waals surface area contributed by atoms with Gasteiger partial charge in [0.2, 0.25) is 0 Å². The van der Waals surface area contributed by atoms with Crippen LogP contribution in [-0.4, -0.2) is 21.1 Å². The number of carbonyl (C=O) groups excluding carboxylic acids is 1. The van der Waals surface area contributed by atoms with E-state index in [2.05, 4.69) is 36.4 Å². The van der Waals surface area contributed by atoms with Gasteiger partial charge in [0.25, 0.3) is 5.91 Å². The topological polar surface area (TPSA) is 70.7 Å². The molecule has 0 unspecified atom stereocenters. The van der Waals surface area contributed by atoms with Crippen molar-refractivity contribution in [2.75, 3.05) is 5.32 Å². The number of amides is 1. The molecule has 0 atom stereocenters. The molecule has 0 aromatic carbocycles. The van der Waals surface area contributed by atoms with Crippen molar-refractivity contribution < 1.29 is 4.79 Å². The fraction of sp³-hybridized carbons (Fsp3) is 0. The summed E-state index contributed by atoms with van der Waals surface area (Å²) in [4.78, 5) is 15.7. The molecule has 6 heteroatoms. The second-order valence-electron chi connectivity index (χ2n) is 2.77. The summed E-state index contributed by atoms with van der Waals surface area (Å²) in [5, 5.41) is 8.98. The van der Waals surface area contributed by atoms with Crippen LogP contribution in [0.5, 0.6) is 0 Å². The number of aromatic nitrogens is 3. The largest absolute Gasteiger partial charge is 0.318 e. The van der Waals surface area contributed by atoms with Crippen molar-refractivity contribution in [1.29, 1.82) is 0 Å². The number of nitrogens with one attached hydrogen (secondary N) is 2. The van der Waals surface area contributed by atoms with Crippen molar-refractivity contribution in [2.45, 2.75) is 0 Å². The molecule has 2 aromatic rings. The second-order valence-corrected chi connectivity index (χ2v) is 3.63. The second kappa shape index (κ2) is 4.22. The molecule has 0 saturated carbocycles. The fourth-order valence-corrected chi connectivity index (χ4v) is 1.50. The van der Waals surface area contributed by atoms with Crippen LogP contribution in [0, 0.1) is 0 Å². The van der Waals surface area contributed by atoms with Crippen LogP contribution in [-0.2, 0) is 0 Å². The van der Waals surface area contributed by atoms with Gasteiger partial charge in [0.05, 0.1) is 11.9 Å². The first-order valence-corrected chi connectivity index (χ1v) is 4.97. The Morgan fingerprint density at radius 1 is 1.53 bits per heavy atom. The molecule has 0 aliphatic carbocycles. The maximum atomic E-state index is 11.7. The van der Waals surface area contributed by atoms with Gasteiger partial charge >= 0.3 is 0 Å². The van der Waals surface area contributed by atoms with Gasteiger partial charge in [-0.2, -0.15) is 5.10 Å². The minimum atomic E-state index is -0.274. The number of aromatic amines is 1. The quantitative estimate of drug-likeness (QED) is 0.871. The lowest BCUT2D eigenvalue weighted by Gasteiger charge is -2.02. The average Bonchev–Trinajstić information content (AvgIpc) is 2.71. The summed E-state index contributed by atoms with van der Waals surface area (Å²) in [7, 11) is 0. The molecule has 0 spiro atoms. The van der Waals surface area contributed by atoms with Crippen molar-refractivity contribution in [3.8, 4) is 0 Å². The standard InChI is InChI=1S/C9H7BrN4O/c10-7-2-1-3-11-8(7)9(15)14-6-4-12-13-5-6/h1-5H,(H,12,13)(H,14,15). The number of halogens is 1. The molecule has 0 fully saturated rings. The molecular weight excluding hydrogens is 260 g/mol. The van der Waals surface area contributed by atoms with Crippen LogP contribution in [0.15, 0.2) is 35.2 Å². The van der Waals surface area contributed by atoms with Crippen molar-refractivity contribution in [3.05, 3.63) is 40.9 Å². The lowest BCUT2D eigenvalue weighted by molar-refractivity contribution is 0.102. The first-order valence-electron chi connectivity index (χ1n) is 4.18. The molecular formula is C9H7BrN4O. The Morgan fingerprint density at radius 3 is 3.07 bits per heavy atom. The van der Waals surface area contributed by atoms with Crippen LogP contribution in [0.3, 0.4) is 0 Å². The predicted molar refractivity (Wildman–Crippen MR) is 58.5 cm³/mol. The number of hydrogen-bond donors (Lipinski definition) is 2. The minimum absolute atomic E-state index is 0.274. The van der Waals surface area contributed by atoms with E-state index in [0.717, 1.165) is 0 Å². The zero-order chi connectivity index (χ0) is 10.7. The minimum Gasteiger partial charge on any atom is -0.318 e. The van der Waals surface area contributed by atoms with Crippen LogP contribution in [0.4, 0.5) is 5.69 Å². The van der Waals surface area contributed by atoms with E-state index in [0.29, 0.717) is 15.9 Å². The molecule has 0 aliphatic heterocycles. The van der Waals surface area contributed by atoms with E-state index >= 15 is 0 Å². The third kappa shape index (κ3) is 2.21. The Bertz CT molecular complexity index is 469. The van der Waals surface area contributed by atoms with Gasteiger partial charge in [0.1, 0.15) is 5.69 Å². The van der Waals surface area contributed by atoms with Crippen LogP contribution in [0.25, 0.3) is 0 Å². The Kier molecular flexibility index (Phi) is 2.77. The molecule has 0 radical (unpaired) electrons. The summed E-state index contributed by atoms with van der Waals surface area (Å²) in [5.41, 5.74) is 0.955. The van der Waals surface area contributed by atoms with Gasteiger partial charge in [-0.15, -0.1) is 0 Å². The molecule has 0 bridgehead atoms. The summed E-state index contributed by atoms with van der Waals surface area (Å²) >= 11 is 3.25. The number of carbonyl (C=O) groups is 1. The third-order valence-electron chi connectivity index (χ3n) is 1.73. The van der Waals surface area contributed by atoms with Crippen LogP contribution >= 0.6 is 15.9 Å². The van der Waals surface area contributed by atoms with Gasteiger partial charge in [0.15, 0.2) is 0 Å². The Hall–Kier alpha value is -1.69. The zero-order valence-corrected chi connectivity index (χ0v) is 9.15. The van der Waals surface area contributed by atoms with E-state index in [1.165, 1.54) is 6.20 Å². The predicted octanol–water partition coefficient (Wildman–Crippen LogP) is 1.82. The molecule has 76 valence electrons. The number of nitrogens with zero attached hydrogens (tertiary/aromatic N) is 2. The van der Waals surface area contributed by atoms with Crippen molar-refractivity contribution in [3.63, 3.8) is 0 Å². The highest BCUT2D eigenvalue weighted by Crippen LogP contribution is 2.14. The maximum Gasteiger partial charge on any atom is 0.275 e. The number of anilines is 1. The fourth-order valence-electron chi connectivity index (χ4n) is 1.06. The smallest absolute Gasteiger partial charge is 0.275 e. The van der Waals surface area contributed by atoms with Gasteiger partial charge in [-0.3, -0.25) is 9.89 Å². The summed E-state index contributed by atoms with van der Waals surface area (Å²) in [6.45, 7) is 0. The molecule has 2 rings (SSSR count). The van der Waals surface area contributed by atoms with E-state index in [4.69, 9.17) is 0 Å². The van der Waals surface area contributed by atoms with Gasteiger partial charge in [-0.05, 0) is 28.1 Å². The number of hydrogen-bond acceptors (Lipinski definition) is 3. The van der Waals surface area contributed by atoms with Crippen LogP contribution in [0.1, 0.15) is 10.5 Å². The molecule has 2 N–H and O–H groups in total. The Labute approximate surface area is 94.0 Å². The van der Waals surface area contributed by atoms with E-state index in [-0.39, 0.29) is 5.91 Å². The molecule has 5 nitrogen and oxygen atoms in total. The first-order chi connectivity index (χ1) is 7.27. The summed E-state index contributed by atoms with van der Waals surface area (Å²) in [5.74, 6) is -0.274. The molecule has 2 aromatic heterocycles. The van der Waals surface area contributed by atoms with Gasteiger partial charge in [0, 0.05) is 16.9 Å². The average molecular weight is 267 g/mol. The molecule has 0 saturated heterocycles. The van der Waals surface area contributed by atoms with E-state index < -0.39 is 0 Å².